The van der Waals surface area contributed by atoms with Gasteiger partial charge in [-0.05, 0) is 18.6 Å². The first-order chi connectivity index (χ1) is 11.2. The molecule has 23 heavy (non-hydrogen) atoms. The number of benzene rings is 1. The first-order valence-electron chi connectivity index (χ1n) is 7.61. The first-order valence-corrected chi connectivity index (χ1v) is 8.02. The third-order valence-corrected chi connectivity index (χ3v) is 4.87. The molecule has 1 aromatic carbocycles. The van der Waals surface area contributed by atoms with E-state index in [4.69, 9.17) is 31.2 Å². The SMILES string of the molecule is CO[C@H]1O[C@@H]2CCN3C(=O)[C@H](OC(=S)Oc4ccccc4)[C@H]1[C@H]23. The summed E-state index contributed by atoms with van der Waals surface area (Å²) in [5, 5.41) is -0.0611. The van der Waals surface area contributed by atoms with Crippen LogP contribution in [-0.2, 0) is 19.0 Å². The highest BCUT2D eigenvalue weighted by atomic mass is 32.1. The van der Waals surface area contributed by atoms with Crippen molar-refractivity contribution in [2.24, 2.45) is 5.92 Å². The van der Waals surface area contributed by atoms with Crippen molar-refractivity contribution in [1.29, 1.82) is 0 Å². The molecule has 0 saturated carbocycles. The minimum absolute atomic E-state index is 0.0111. The van der Waals surface area contributed by atoms with Crippen LogP contribution in [0.1, 0.15) is 6.42 Å². The molecule has 122 valence electrons. The van der Waals surface area contributed by atoms with Gasteiger partial charge in [-0.1, -0.05) is 18.2 Å². The van der Waals surface area contributed by atoms with Crippen molar-refractivity contribution in [1.82, 2.24) is 4.90 Å². The minimum Gasteiger partial charge on any atom is -0.443 e. The predicted octanol–water partition coefficient (Wildman–Crippen LogP) is 1.34. The maximum absolute atomic E-state index is 12.6. The maximum Gasteiger partial charge on any atom is 0.358 e. The van der Waals surface area contributed by atoms with Gasteiger partial charge in [0.25, 0.3) is 5.91 Å². The zero-order valence-electron chi connectivity index (χ0n) is 12.6. The quantitative estimate of drug-likeness (QED) is 0.777. The van der Waals surface area contributed by atoms with Crippen LogP contribution in [0, 0.1) is 5.92 Å². The molecule has 3 saturated heterocycles. The second-order valence-electron chi connectivity index (χ2n) is 5.87. The number of nitrogens with zero attached hydrogens (tertiary/aromatic N) is 1. The third-order valence-electron chi connectivity index (χ3n) is 4.69. The summed E-state index contributed by atoms with van der Waals surface area (Å²) >= 11 is 5.15. The van der Waals surface area contributed by atoms with Gasteiger partial charge < -0.3 is 23.8 Å². The van der Waals surface area contributed by atoms with Crippen LogP contribution >= 0.6 is 12.2 Å². The molecule has 3 aliphatic rings. The van der Waals surface area contributed by atoms with Crippen molar-refractivity contribution >= 4 is 23.4 Å². The van der Waals surface area contributed by atoms with Crippen molar-refractivity contribution in [2.45, 2.75) is 31.0 Å². The lowest BCUT2D eigenvalue weighted by molar-refractivity contribution is -0.154. The van der Waals surface area contributed by atoms with Crippen LogP contribution in [0.15, 0.2) is 30.3 Å². The van der Waals surface area contributed by atoms with Gasteiger partial charge in [0, 0.05) is 25.9 Å². The fourth-order valence-corrected chi connectivity index (χ4v) is 3.98. The van der Waals surface area contributed by atoms with Crippen molar-refractivity contribution in [3.05, 3.63) is 30.3 Å². The van der Waals surface area contributed by atoms with Crippen LogP contribution < -0.4 is 4.74 Å². The van der Waals surface area contributed by atoms with Gasteiger partial charge >= 0.3 is 5.24 Å². The molecule has 0 aliphatic carbocycles. The fraction of sp³-hybridized carbons (Fsp3) is 0.500. The molecule has 0 spiro atoms. The highest BCUT2D eigenvalue weighted by Crippen LogP contribution is 2.45. The van der Waals surface area contributed by atoms with Crippen LogP contribution in [0.5, 0.6) is 5.75 Å². The standard InChI is InChI=1S/C16H17NO5S/c1-19-15-11-12-10(21-15)7-8-17(12)14(18)13(11)22-16(23)20-9-5-3-2-4-6-9/h2-6,10-13,15H,7-8H2,1H3/t10-,11-,12+,13-,15+/m1/s1. The van der Waals surface area contributed by atoms with E-state index in [2.05, 4.69) is 0 Å². The summed E-state index contributed by atoms with van der Waals surface area (Å²) in [6.07, 6.45) is -0.314. The summed E-state index contributed by atoms with van der Waals surface area (Å²) in [5.74, 6) is 0.330. The number of ether oxygens (including phenoxy) is 4. The van der Waals surface area contributed by atoms with Gasteiger partial charge in [-0.25, -0.2) is 0 Å². The van der Waals surface area contributed by atoms with E-state index in [1.54, 1.807) is 19.2 Å². The molecule has 4 rings (SSSR count). The summed E-state index contributed by atoms with van der Waals surface area (Å²) in [6.45, 7) is 0.688. The van der Waals surface area contributed by atoms with Crippen molar-refractivity contribution in [3.8, 4) is 5.75 Å². The Morgan fingerprint density at radius 2 is 2.13 bits per heavy atom. The Balaban J connectivity index is 1.50. The van der Waals surface area contributed by atoms with Gasteiger partial charge in [-0.3, -0.25) is 4.79 Å². The van der Waals surface area contributed by atoms with Crippen LogP contribution in [0.4, 0.5) is 0 Å². The van der Waals surface area contributed by atoms with Gasteiger partial charge in [0.2, 0.25) is 0 Å². The molecule has 0 bridgehead atoms. The summed E-state index contributed by atoms with van der Waals surface area (Å²) in [7, 11) is 1.58. The largest absolute Gasteiger partial charge is 0.443 e. The molecule has 5 atom stereocenters. The van der Waals surface area contributed by atoms with Gasteiger partial charge in [-0.15, -0.1) is 0 Å². The Kier molecular flexibility index (Phi) is 3.71. The van der Waals surface area contributed by atoms with Crippen molar-refractivity contribution < 1.29 is 23.7 Å². The van der Waals surface area contributed by atoms with Gasteiger partial charge in [-0.2, -0.15) is 0 Å². The summed E-state index contributed by atoms with van der Waals surface area (Å²) < 4.78 is 22.4. The number of methoxy groups -OCH3 is 1. The lowest BCUT2D eigenvalue weighted by Crippen LogP contribution is -2.37. The summed E-state index contributed by atoms with van der Waals surface area (Å²) in [6, 6.07) is 9.12. The number of thiocarbonyl (C=S) groups is 1. The Morgan fingerprint density at radius 3 is 2.87 bits per heavy atom. The number of amides is 1. The number of rotatable bonds is 3. The van der Waals surface area contributed by atoms with E-state index < -0.39 is 12.4 Å². The number of hydrogen-bond donors (Lipinski definition) is 0. The lowest BCUT2D eigenvalue weighted by atomic mass is 9.97. The van der Waals surface area contributed by atoms with Crippen molar-refractivity contribution in [2.75, 3.05) is 13.7 Å². The topological polar surface area (TPSA) is 57.2 Å². The molecule has 3 heterocycles. The van der Waals surface area contributed by atoms with Crippen LogP contribution in [-0.4, -0.2) is 54.2 Å². The van der Waals surface area contributed by atoms with E-state index in [1.807, 2.05) is 23.1 Å². The summed E-state index contributed by atoms with van der Waals surface area (Å²) in [5.41, 5.74) is 0. The first kappa shape index (κ1) is 14.9. The molecule has 0 aromatic heterocycles. The molecular weight excluding hydrogens is 318 g/mol. The lowest BCUT2D eigenvalue weighted by Gasteiger charge is -2.21. The summed E-state index contributed by atoms with van der Waals surface area (Å²) in [4.78, 5) is 14.4. The second-order valence-corrected chi connectivity index (χ2v) is 6.20. The normalized spacial score (nSPS) is 34.6. The number of carbonyl (C=O) groups is 1. The van der Waals surface area contributed by atoms with E-state index in [0.29, 0.717) is 12.3 Å². The molecule has 1 aromatic rings. The molecule has 6 nitrogen and oxygen atoms in total. The predicted molar refractivity (Wildman–Crippen MR) is 83.8 cm³/mol. The Labute approximate surface area is 139 Å². The zero-order chi connectivity index (χ0) is 16.0. The molecule has 3 aliphatic heterocycles. The van der Waals surface area contributed by atoms with Crippen molar-refractivity contribution in [3.63, 3.8) is 0 Å². The highest BCUT2D eigenvalue weighted by Gasteiger charge is 2.63. The van der Waals surface area contributed by atoms with Crippen LogP contribution in [0.25, 0.3) is 0 Å². The molecule has 0 radical (unpaired) electrons. The van der Waals surface area contributed by atoms with Crippen LogP contribution in [0.2, 0.25) is 0 Å². The Morgan fingerprint density at radius 1 is 1.35 bits per heavy atom. The monoisotopic (exact) mass is 335 g/mol. The zero-order valence-corrected chi connectivity index (χ0v) is 13.4. The van der Waals surface area contributed by atoms with Crippen LogP contribution in [0.3, 0.4) is 0 Å². The molecule has 1 amide bonds. The maximum atomic E-state index is 12.6. The molecule has 0 N–H and O–H groups in total. The van der Waals surface area contributed by atoms with Gasteiger partial charge in [0.1, 0.15) is 5.75 Å². The van der Waals surface area contributed by atoms with Gasteiger partial charge in [0.05, 0.1) is 18.1 Å². The fourth-order valence-electron chi connectivity index (χ4n) is 3.78. The second kappa shape index (κ2) is 5.74. The average molecular weight is 335 g/mol. The smallest absolute Gasteiger partial charge is 0.358 e. The number of carbonyl (C=O) groups excluding carboxylic acids is 1. The minimum atomic E-state index is -0.716. The number of hydrogen-bond acceptors (Lipinski definition) is 6. The molecule has 7 heteroatoms. The highest BCUT2D eigenvalue weighted by molar-refractivity contribution is 7.79. The Hall–Kier alpha value is -1.70. The average Bonchev–Trinajstić information content (AvgIpc) is 3.18. The van der Waals surface area contributed by atoms with E-state index in [0.717, 1.165) is 6.42 Å². The van der Waals surface area contributed by atoms with E-state index in [1.165, 1.54) is 0 Å². The number of para-hydroxylation sites is 1. The molecule has 3 fully saturated rings. The third kappa shape index (κ3) is 2.39. The van der Waals surface area contributed by atoms with Gasteiger partial charge in [0.15, 0.2) is 12.4 Å². The van der Waals surface area contributed by atoms with E-state index >= 15 is 0 Å². The Bertz CT molecular complexity index is 624. The molecular formula is C16H17NO5S. The van der Waals surface area contributed by atoms with E-state index in [-0.39, 0.29) is 29.2 Å². The van der Waals surface area contributed by atoms with E-state index in [9.17, 15) is 4.79 Å². The molecule has 0 unspecified atom stereocenters.